The van der Waals surface area contributed by atoms with Crippen molar-refractivity contribution in [1.29, 1.82) is 0 Å². The average Bonchev–Trinajstić information content (AvgIpc) is 2.55. The lowest BCUT2D eigenvalue weighted by Gasteiger charge is -2.31. The van der Waals surface area contributed by atoms with Crippen LogP contribution < -0.4 is 10.2 Å². The van der Waals surface area contributed by atoms with Gasteiger partial charge >= 0.3 is 0 Å². The molecule has 1 heterocycles. The van der Waals surface area contributed by atoms with Gasteiger partial charge in [0.2, 0.25) is 0 Å². The first-order chi connectivity index (χ1) is 11.6. The third kappa shape index (κ3) is 3.48. The fourth-order valence-electron chi connectivity index (χ4n) is 2.62. The number of hydrogen-bond donors (Lipinski definition) is 1. The van der Waals surface area contributed by atoms with Gasteiger partial charge in [0.05, 0.1) is 40.2 Å². The summed E-state index contributed by atoms with van der Waals surface area (Å²) in [7, 11) is 0. The predicted molar refractivity (Wildman–Crippen MR) is 93.8 cm³/mol. The Morgan fingerprint density at radius 2 is 1.75 bits per heavy atom. The SMILES string of the molecule is O=C(Nc1cccc(Cl)c1N1CCOCC1)c1c(F)cccc1Cl. The van der Waals surface area contributed by atoms with Gasteiger partial charge in [-0.15, -0.1) is 0 Å². The van der Waals surface area contributed by atoms with Crippen molar-refractivity contribution in [2.75, 3.05) is 36.5 Å². The van der Waals surface area contributed by atoms with Gasteiger partial charge in [-0.2, -0.15) is 0 Å². The standard InChI is InChI=1S/C17H15Cl2FN2O2/c18-11-3-1-5-13(20)15(11)17(23)21-14-6-2-4-12(19)16(14)22-7-9-24-10-8-22/h1-6H,7-10H2,(H,21,23). The molecule has 0 spiro atoms. The molecule has 1 saturated heterocycles. The molecule has 3 rings (SSSR count). The lowest BCUT2D eigenvalue weighted by atomic mass is 10.1. The van der Waals surface area contributed by atoms with Gasteiger partial charge in [-0.25, -0.2) is 4.39 Å². The Morgan fingerprint density at radius 3 is 2.46 bits per heavy atom. The summed E-state index contributed by atoms with van der Waals surface area (Å²) in [6.45, 7) is 2.48. The van der Waals surface area contributed by atoms with Crippen molar-refractivity contribution in [3.05, 3.63) is 57.8 Å². The van der Waals surface area contributed by atoms with Crippen LogP contribution in [0, 0.1) is 5.82 Å². The van der Waals surface area contributed by atoms with Gasteiger partial charge in [0.1, 0.15) is 5.82 Å². The number of ether oxygens (including phenoxy) is 1. The molecule has 2 aromatic carbocycles. The van der Waals surface area contributed by atoms with Crippen LogP contribution in [-0.4, -0.2) is 32.2 Å². The number of benzene rings is 2. The normalized spacial score (nSPS) is 14.5. The number of carbonyl (C=O) groups is 1. The number of morpholine rings is 1. The Labute approximate surface area is 149 Å². The first-order valence-corrected chi connectivity index (χ1v) is 8.20. The van der Waals surface area contributed by atoms with E-state index in [1.54, 1.807) is 18.2 Å². The van der Waals surface area contributed by atoms with E-state index < -0.39 is 11.7 Å². The maximum Gasteiger partial charge on any atom is 0.260 e. The zero-order chi connectivity index (χ0) is 17.1. The minimum absolute atomic E-state index is 0.0578. The lowest BCUT2D eigenvalue weighted by molar-refractivity contribution is 0.102. The zero-order valence-electron chi connectivity index (χ0n) is 12.7. The molecule has 0 aromatic heterocycles. The molecule has 0 aliphatic carbocycles. The van der Waals surface area contributed by atoms with Gasteiger partial charge in [-0.3, -0.25) is 4.79 Å². The summed E-state index contributed by atoms with van der Waals surface area (Å²) < 4.78 is 19.3. The predicted octanol–water partition coefficient (Wildman–Crippen LogP) is 4.22. The number of carbonyl (C=O) groups excluding carboxylic acids is 1. The highest BCUT2D eigenvalue weighted by Gasteiger charge is 2.21. The summed E-state index contributed by atoms with van der Waals surface area (Å²) in [6.07, 6.45) is 0. The van der Waals surface area contributed by atoms with E-state index in [1.807, 2.05) is 4.90 Å². The van der Waals surface area contributed by atoms with Crippen molar-refractivity contribution in [2.45, 2.75) is 0 Å². The summed E-state index contributed by atoms with van der Waals surface area (Å²) in [5.74, 6) is -1.29. The maximum absolute atomic E-state index is 13.9. The molecule has 1 amide bonds. The molecule has 1 aliphatic rings. The zero-order valence-corrected chi connectivity index (χ0v) is 14.2. The van der Waals surface area contributed by atoms with Crippen LogP contribution >= 0.6 is 23.2 Å². The van der Waals surface area contributed by atoms with Crippen molar-refractivity contribution in [3.8, 4) is 0 Å². The van der Waals surface area contributed by atoms with Gasteiger partial charge in [0.25, 0.3) is 5.91 Å². The van der Waals surface area contributed by atoms with Crippen LogP contribution in [0.5, 0.6) is 0 Å². The first-order valence-electron chi connectivity index (χ1n) is 7.44. The molecule has 126 valence electrons. The lowest BCUT2D eigenvalue weighted by Crippen LogP contribution is -2.37. The molecule has 1 N–H and O–H groups in total. The minimum atomic E-state index is -0.671. The Bertz CT molecular complexity index is 744. The summed E-state index contributed by atoms with van der Waals surface area (Å²) in [5, 5.41) is 3.28. The summed E-state index contributed by atoms with van der Waals surface area (Å²) in [5.41, 5.74) is 1.02. The molecule has 0 saturated carbocycles. The topological polar surface area (TPSA) is 41.6 Å². The number of rotatable bonds is 3. The van der Waals surface area contributed by atoms with E-state index >= 15 is 0 Å². The summed E-state index contributed by atoms with van der Waals surface area (Å²) in [6, 6.07) is 9.32. The molecule has 4 nitrogen and oxygen atoms in total. The van der Waals surface area contributed by atoms with Crippen LogP contribution in [0.15, 0.2) is 36.4 Å². The van der Waals surface area contributed by atoms with Crippen LogP contribution in [-0.2, 0) is 4.74 Å². The molecule has 1 fully saturated rings. The Balaban J connectivity index is 1.92. The number of para-hydroxylation sites is 1. The molecular weight excluding hydrogens is 354 g/mol. The number of hydrogen-bond acceptors (Lipinski definition) is 3. The molecule has 0 atom stereocenters. The van der Waals surface area contributed by atoms with E-state index in [-0.39, 0.29) is 10.6 Å². The van der Waals surface area contributed by atoms with Crippen molar-refractivity contribution in [3.63, 3.8) is 0 Å². The van der Waals surface area contributed by atoms with E-state index in [4.69, 9.17) is 27.9 Å². The van der Waals surface area contributed by atoms with E-state index in [0.717, 1.165) is 0 Å². The van der Waals surface area contributed by atoms with E-state index in [1.165, 1.54) is 18.2 Å². The highest BCUT2D eigenvalue weighted by Crippen LogP contribution is 2.35. The number of nitrogens with zero attached hydrogens (tertiary/aromatic N) is 1. The van der Waals surface area contributed by atoms with Crippen LogP contribution in [0.1, 0.15) is 10.4 Å². The first kappa shape index (κ1) is 17.0. The average molecular weight is 369 g/mol. The quantitative estimate of drug-likeness (QED) is 0.881. The van der Waals surface area contributed by atoms with E-state index in [9.17, 15) is 9.18 Å². The Morgan fingerprint density at radius 1 is 1.08 bits per heavy atom. The fraction of sp³-hybridized carbons (Fsp3) is 0.235. The summed E-state index contributed by atoms with van der Waals surface area (Å²) >= 11 is 12.3. The van der Waals surface area contributed by atoms with Crippen LogP contribution in [0.25, 0.3) is 0 Å². The van der Waals surface area contributed by atoms with Crippen molar-refractivity contribution < 1.29 is 13.9 Å². The van der Waals surface area contributed by atoms with E-state index in [0.29, 0.717) is 42.7 Å². The monoisotopic (exact) mass is 368 g/mol. The number of anilines is 2. The van der Waals surface area contributed by atoms with Gasteiger partial charge in [-0.1, -0.05) is 35.3 Å². The third-order valence-corrected chi connectivity index (χ3v) is 4.37. The molecule has 0 radical (unpaired) electrons. The molecule has 24 heavy (non-hydrogen) atoms. The number of nitrogens with one attached hydrogen (secondary N) is 1. The minimum Gasteiger partial charge on any atom is -0.378 e. The smallest absolute Gasteiger partial charge is 0.260 e. The highest BCUT2D eigenvalue weighted by atomic mass is 35.5. The molecule has 0 unspecified atom stereocenters. The van der Waals surface area contributed by atoms with Gasteiger partial charge in [0, 0.05) is 13.1 Å². The molecule has 7 heteroatoms. The Hall–Kier alpha value is -1.82. The fourth-order valence-corrected chi connectivity index (χ4v) is 3.17. The highest BCUT2D eigenvalue weighted by molar-refractivity contribution is 6.35. The second-order valence-electron chi connectivity index (χ2n) is 5.29. The third-order valence-electron chi connectivity index (χ3n) is 3.75. The van der Waals surface area contributed by atoms with E-state index in [2.05, 4.69) is 5.32 Å². The molecule has 1 aliphatic heterocycles. The molecular formula is C17H15Cl2FN2O2. The van der Waals surface area contributed by atoms with Gasteiger partial charge in [0.15, 0.2) is 0 Å². The van der Waals surface area contributed by atoms with Crippen molar-refractivity contribution in [1.82, 2.24) is 0 Å². The Kier molecular flexibility index (Phi) is 5.23. The van der Waals surface area contributed by atoms with Gasteiger partial charge < -0.3 is 15.0 Å². The largest absolute Gasteiger partial charge is 0.378 e. The second kappa shape index (κ2) is 7.38. The van der Waals surface area contributed by atoms with Crippen molar-refractivity contribution >= 4 is 40.5 Å². The summed E-state index contributed by atoms with van der Waals surface area (Å²) in [4.78, 5) is 14.5. The van der Waals surface area contributed by atoms with Crippen LogP contribution in [0.4, 0.5) is 15.8 Å². The second-order valence-corrected chi connectivity index (χ2v) is 6.10. The maximum atomic E-state index is 13.9. The molecule has 0 bridgehead atoms. The number of halogens is 3. The molecule has 2 aromatic rings. The van der Waals surface area contributed by atoms with Gasteiger partial charge in [-0.05, 0) is 24.3 Å². The van der Waals surface area contributed by atoms with Crippen LogP contribution in [0.3, 0.4) is 0 Å². The van der Waals surface area contributed by atoms with Crippen molar-refractivity contribution in [2.24, 2.45) is 0 Å². The van der Waals surface area contributed by atoms with Crippen LogP contribution in [0.2, 0.25) is 10.0 Å². The number of amides is 1.